The average Bonchev–Trinajstić information content (AvgIpc) is 3.33. The molecular formula is C24H19N3O5. The molecule has 0 spiro atoms. The van der Waals surface area contributed by atoms with E-state index in [-0.39, 0.29) is 18.8 Å². The number of aromatic nitrogens is 2. The summed E-state index contributed by atoms with van der Waals surface area (Å²) in [5.74, 6) is 5.15. The lowest BCUT2D eigenvalue weighted by molar-refractivity contribution is -0.136. The first-order valence-electron chi connectivity index (χ1n) is 9.77. The highest BCUT2D eigenvalue weighted by atomic mass is 16.5. The van der Waals surface area contributed by atoms with Crippen LogP contribution in [-0.2, 0) is 22.6 Å². The molecule has 1 amide bonds. The van der Waals surface area contributed by atoms with E-state index in [2.05, 4.69) is 27.3 Å². The summed E-state index contributed by atoms with van der Waals surface area (Å²) in [4.78, 5) is 26.2. The third-order valence-electron chi connectivity index (χ3n) is 4.64. The number of H-pyrrole nitrogens is 1. The number of carbonyl (C=O) groups is 2. The number of nitrogens with zero attached hydrogens (tertiary/aromatic N) is 1. The summed E-state index contributed by atoms with van der Waals surface area (Å²) in [5.41, 5.74) is 3.78. The molecule has 0 aliphatic heterocycles. The summed E-state index contributed by atoms with van der Waals surface area (Å²) in [6.07, 6.45) is -0.718. The molecule has 4 rings (SSSR count). The molecule has 0 saturated carbocycles. The van der Waals surface area contributed by atoms with E-state index >= 15 is 0 Å². The van der Waals surface area contributed by atoms with Gasteiger partial charge >= 0.3 is 12.1 Å². The monoisotopic (exact) mass is 429 g/mol. The highest BCUT2D eigenvalue weighted by Crippen LogP contribution is 2.21. The predicted molar refractivity (Wildman–Crippen MR) is 117 cm³/mol. The average molecular weight is 429 g/mol. The van der Waals surface area contributed by atoms with Gasteiger partial charge in [0.05, 0.1) is 6.42 Å². The lowest BCUT2D eigenvalue weighted by atomic mass is 10.1. The number of carboxylic acid groups (broad SMARTS) is 1. The van der Waals surface area contributed by atoms with E-state index in [0.29, 0.717) is 22.6 Å². The van der Waals surface area contributed by atoms with Crippen molar-refractivity contribution in [3.05, 3.63) is 82.9 Å². The van der Waals surface area contributed by atoms with Crippen LogP contribution < -0.4 is 5.32 Å². The number of benzene rings is 2. The molecule has 160 valence electrons. The van der Waals surface area contributed by atoms with Gasteiger partial charge in [0.2, 0.25) is 5.76 Å². The van der Waals surface area contributed by atoms with E-state index in [9.17, 15) is 9.59 Å². The fraction of sp³-hybridized carbons (Fsp3) is 0.125. The molecule has 4 aromatic rings. The second-order valence-corrected chi connectivity index (χ2v) is 7.08. The van der Waals surface area contributed by atoms with E-state index in [4.69, 9.17) is 14.4 Å². The number of fused-ring (bicyclic) bond motifs is 1. The Morgan fingerprint density at radius 1 is 1.16 bits per heavy atom. The quantitative estimate of drug-likeness (QED) is 0.409. The molecule has 8 nitrogen and oxygen atoms in total. The maximum Gasteiger partial charge on any atom is 0.412 e. The number of ether oxygens (including phenoxy) is 1. The van der Waals surface area contributed by atoms with Gasteiger partial charge in [0.25, 0.3) is 0 Å². The molecule has 3 N–H and O–H groups in total. The van der Waals surface area contributed by atoms with Crippen LogP contribution >= 0.6 is 0 Å². The van der Waals surface area contributed by atoms with Crippen molar-refractivity contribution in [3.63, 3.8) is 0 Å². The van der Waals surface area contributed by atoms with Gasteiger partial charge in [0, 0.05) is 16.8 Å². The summed E-state index contributed by atoms with van der Waals surface area (Å²) < 4.78 is 10.5. The second-order valence-electron chi connectivity index (χ2n) is 7.08. The van der Waals surface area contributed by atoms with Gasteiger partial charge in [0.1, 0.15) is 18.0 Å². The number of rotatable bonds is 5. The van der Waals surface area contributed by atoms with Gasteiger partial charge in [-0.05, 0) is 42.0 Å². The van der Waals surface area contributed by atoms with Crippen molar-refractivity contribution >= 4 is 28.7 Å². The van der Waals surface area contributed by atoms with Crippen LogP contribution in [0.1, 0.15) is 28.3 Å². The zero-order valence-electron chi connectivity index (χ0n) is 17.1. The van der Waals surface area contributed by atoms with Crippen LogP contribution in [0.15, 0.2) is 59.1 Å². The molecule has 2 aromatic heterocycles. The Labute approximate surface area is 183 Å². The summed E-state index contributed by atoms with van der Waals surface area (Å²) in [7, 11) is 0. The molecular weight excluding hydrogens is 410 g/mol. The number of nitrogens with one attached hydrogen (secondary N) is 2. The third-order valence-corrected chi connectivity index (χ3v) is 4.64. The molecule has 32 heavy (non-hydrogen) atoms. The smallest absolute Gasteiger partial charge is 0.412 e. The van der Waals surface area contributed by atoms with Gasteiger partial charge in [-0.1, -0.05) is 47.5 Å². The number of aryl methyl sites for hydroxylation is 1. The minimum atomic E-state index is -0.903. The van der Waals surface area contributed by atoms with Crippen LogP contribution in [-0.4, -0.2) is 27.3 Å². The summed E-state index contributed by atoms with van der Waals surface area (Å²) in [5, 5.41) is 16.3. The molecule has 0 saturated heterocycles. The van der Waals surface area contributed by atoms with Gasteiger partial charge < -0.3 is 19.4 Å². The number of aromatic amines is 1. The molecule has 0 radical (unpaired) electrons. The van der Waals surface area contributed by atoms with Crippen LogP contribution in [0.4, 0.5) is 10.5 Å². The van der Waals surface area contributed by atoms with Gasteiger partial charge in [-0.2, -0.15) is 0 Å². The minimum absolute atomic E-state index is 0.0809. The zero-order chi connectivity index (χ0) is 22.5. The molecule has 0 bridgehead atoms. The Morgan fingerprint density at radius 2 is 1.97 bits per heavy atom. The summed E-state index contributed by atoms with van der Waals surface area (Å²) in [6, 6.07) is 16.6. The maximum atomic E-state index is 12.2. The van der Waals surface area contributed by atoms with Crippen molar-refractivity contribution in [2.75, 3.05) is 5.32 Å². The lowest BCUT2D eigenvalue weighted by Crippen LogP contribution is -2.14. The standard InChI is InChI=1S/C24H19N3O5/c1-15-23(26-24(30)31-14-17-5-3-2-4-6-17)21(32-27-15)10-8-16-7-9-18-12-19(13-22(28)29)25-20(18)11-16/h2-7,9,11-12,25H,13-14H2,1H3,(H,26,30)(H,28,29). The SMILES string of the molecule is Cc1noc(C#Cc2ccc3cc(CC(=O)O)[nH]c3c2)c1NC(=O)OCc1ccccc1. The van der Waals surface area contributed by atoms with E-state index in [1.54, 1.807) is 13.0 Å². The normalized spacial score (nSPS) is 10.4. The van der Waals surface area contributed by atoms with Gasteiger partial charge in [0.15, 0.2) is 0 Å². The van der Waals surface area contributed by atoms with Crippen molar-refractivity contribution in [3.8, 4) is 11.8 Å². The molecule has 2 heterocycles. The Bertz CT molecular complexity index is 1340. The van der Waals surface area contributed by atoms with Gasteiger partial charge in [-0.25, -0.2) is 4.79 Å². The van der Waals surface area contributed by atoms with Crippen LogP contribution in [0.25, 0.3) is 10.9 Å². The molecule has 0 fully saturated rings. The first-order chi connectivity index (χ1) is 15.5. The second kappa shape index (κ2) is 9.10. The third kappa shape index (κ3) is 4.96. The predicted octanol–water partition coefficient (Wildman–Crippen LogP) is 4.24. The summed E-state index contributed by atoms with van der Waals surface area (Å²) >= 11 is 0. The number of hydrogen-bond acceptors (Lipinski definition) is 5. The highest BCUT2D eigenvalue weighted by molar-refractivity contribution is 5.87. The molecule has 8 heteroatoms. The molecule has 0 atom stereocenters. The Morgan fingerprint density at radius 3 is 2.75 bits per heavy atom. The first-order valence-corrected chi connectivity index (χ1v) is 9.77. The van der Waals surface area contributed by atoms with Crippen molar-refractivity contribution in [2.24, 2.45) is 0 Å². The van der Waals surface area contributed by atoms with Crippen LogP contribution in [0.3, 0.4) is 0 Å². The fourth-order valence-corrected chi connectivity index (χ4v) is 3.12. The van der Waals surface area contributed by atoms with Crippen LogP contribution in [0, 0.1) is 18.8 Å². The molecule has 0 aliphatic carbocycles. The van der Waals surface area contributed by atoms with E-state index in [1.165, 1.54) is 0 Å². The first kappa shape index (κ1) is 20.8. The molecule has 0 aliphatic rings. The largest absolute Gasteiger partial charge is 0.481 e. The number of carbonyl (C=O) groups excluding carboxylic acids is 1. The molecule has 2 aromatic carbocycles. The van der Waals surface area contributed by atoms with Crippen molar-refractivity contribution in [1.29, 1.82) is 0 Å². The van der Waals surface area contributed by atoms with E-state index in [1.807, 2.05) is 48.5 Å². The summed E-state index contributed by atoms with van der Waals surface area (Å²) in [6.45, 7) is 1.83. The number of carboxylic acids is 1. The highest BCUT2D eigenvalue weighted by Gasteiger charge is 2.15. The number of aliphatic carboxylic acids is 1. The number of anilines is 1. The topological polar surface area (TPSA) is 117 Å². The van der Waals surface area contributed by atoms with E-state index < -0.39 is 12.1 Å². The zero-order valence-corrected chi connectivity index (χ0v) is 17.1. The minimum Gasteiger partial charge on any atom is -0.481 e. The van der Waals surface area contributed by atoms with Crippen molar-refractivity contribution in [2.45, 2.75) is 20.0 Å². The number of hydrogen-bond donors (Lipinski definition) is 3. The number of amides is 1. The van der Waals surface area contributed by atoms with Gasteiger partial charge in [-0.15, -0.1) is 0 Å². The van der Waals surface area contributed by atoms with Crippen molar-refractivity contribution in [1.82, 2.24) is 10.1 Å². The van der Waals surface area contributed by atoms with Crippen molar-refractivity contribution < 1.29 is 24.0 Å². The Hall–Kier alpha value is -4.51. The van der Waals surface area contributed by atoms with Crippen LogP contribution in [0.5, 0.6) is 0 Å². The molecule has 0 unspecified atom stereocenters. The van der Waals surface area contributed by atoms with E-state index in [0.717, 1.165) is 16.5 Å². The fourth-order valence-electron chi connectivity index (χ4n) is 3.12. The lowest BCUT2D eigenvalue weighted by Gasteiger charge is -2.06. The Kier molecular flexibility index (Phi) is 5.90. The van der Waals surface area contributed by atoms with Gasteiger partial charge in [-0.3, -0.25) is 10.1 Å². The Balaban J connectivity index is 1.47. The van der Waals surface area contributed by atoms with Crippen LogP contribution in [0.2, 0.25) is 0 Å². The maximum absolute atomic E-state index is 12.2.